The second-order valence-corrected chi connectivity index (χ2v) is 10.0. The van der Waals surface area contributed by atoms with Gasteiger partial charge in [0.1, 0.15) is 17.2 Å². The van der Waals surface area contributed by atoms with Crippen molar-refractivity contribution in [2.45, 2.75) is 31.1 Å². The van der Waals surface area contributed by atoms with E-state index in [1.807, 2.05) is 0 Å². The van der Waals surface area contributed by atoms with E-state index in [0.717, 1.165) is 0 Å². The van der Waals surface area contributed by atoms with Crippen molar-refractivity contribution in [3.63, 3.8) is 0 Å². The summed E-state index contributed by atoms with van der Waals surface area (Å²) in [5.74, 6) is 0.342. The minimum Gasteiger partial charge on any atom is -0.480 e. The highest BCUT2D eigenvalue weighted by Gasteiger charge is 2.44. The number of methoxy groups -OCH3 is 1. The number of pyridine rings is 1. The second-order valence-electron chi connectivity index (χ2n) is 8.03. The van der Waals surface area contributed by atoms with Crippen LogP contribution in [0.4, 0.5) is 15.8 Å². The van der Waals surface area contributed by atoms with Crippen molar-refractivity contribution in [2.75, 3.05) is 18.2 Å². The summed E-state index contributed by atoms with van der Waals surface area (Å²) in [6.07, 6.45) is 3.10. The van der Waals surface area contributed by atoms with Crippen molar-refractivity contribution in [1.82, 2.24) is 15.0 Å². The van der Waals surface area contributed by atoms with Gasteiger partial charge in [-0.25, -0.2) is 14.4 Å². The molecule has 3 heterocycles. The van der Waals surface area contributed by atoms with Crippen molar-refractivity contribution in [3.05, 3.63) is 48.0 Å². The predicted molar refractivity (Wildman–Crippen MR) is 120 cm³/mol. The molecule has 0 bridgehead atoms. The van der Waals surface area contributed by atoms with Gasteiger partial charge in [-0.05, 0) is 45.0 Å². The maximum absolute atomic E-state index is 14.8. The molecule has 1 aliphatic heterocycles. The van der Waals surface area contributed by atoms with Crippen LogP contribution >= 0.6 is 0 Å². The summed E-state index contributed by atoms with van der Waals surface area (Å²) in [6.45, 7) is 5.30. The lowest BCUT2D eigenvalue weighted by Gasteiger charge is -2.37. The van der Waals surface area contributed by atoms with Crippen molar-refractivity contribution in [2.24, 2.45) is 10.7 Å². The minimum absolute atomic E-state index is 0.171. The molecule has 0 saturated carbocycles. The SMILES string of the molecule is COc1cnc2c(Nc3ccc(F)c([C@]4(C)C[S@](=O)C(C)(C)C(N)=N4)c3)ccnc2n1. The third kappa shape index (κ3) is 3.71. The standard InChI is InChI=1S/C21H23FN6O2S/c1-20(2)19(23)28-21(3,11-31(20)29)13-9-12(5-6-14(13)22)26-15-7-8-24-18-17(15)25-10-16(27-18)30-4/h5-10H,11H2,1-4H3,(H2,23,28)(H,24,26,27)/t21-,31-/m0/s1. The van der Waals surface area contributed by atoms with E-state index in [1.165, 1.54) is 19.4 Å². The third-order valence-electron chi connectivity index (χ3n) is 5.43. The van der Waals surface area contributed by atoms with Gasteiger partial charge >= 0.3 is 0 Å². The maximum Gasteiger partial charge on any atom is 0.234 e. The van der Waals surface area contributed by atoms with Gasteiger partial charge in [-0.1, -0.05) is 0 Å². The molecule has 1 aromatic carbocycles. The summed E-state index contributed by atoms with van der Waals surface area (Å²) in [5, 5.41) is 3.24. The lowest BCUT2D eigenvalue weighted by atomic mass is 9.92. The van der Waals surface area contributed by atoms with Crippen LogP contribution in [0.1, 0.15) is 26.3 Å². The Hall–Kier alpha value is -3.14. The van der Waals surface area contributed by atoms with Gasteiger partial charge < -0.3 is 15.8 Å². The van der Waals surface area contributed by atoms with Crippen molar-refractivity contribution >= 4 is 39.2 Å². The zero-order valence-corrected chi connectivity index (χ0v) is 18.5. The topological polar surface area (TPSA) is 115 Å². The van der Waals surface area contributed by atoms with E-state index in [0.29, 0.717) is 34.0 Å². The summed E-state index contributed by atoms with van der Waals surface area (Å²) in [4.78, 5) is 17.4. The molecule has 3 aromatic rings. The molecular weight excluding hydrogens is 419 g/mol. The van der Waals surface area contributed by atoms with E-state index >= 15 is 0 Å². The smallest absolute Gasteiger partial charge is 0.234 e. The number of hydrogen-bond acceptors (Lipinski definition) is 8. The number of aliphatic imine (C=N–C) groups is 1. The number of nitrogens with two attached hydrogens (primary N) is 1. The van der Waals surface area contributed by atoms with Crippen LogP contribution in [0.2, 0.25) is 0 Å². The monoisotopic (exact) mass is 442 g/mol. The predicted octanol–water partition coefficient (Wildman–Crippen LogP) is 3.03. The van der Waals surface area contributed by atoms with Crippen LogP contribution in [0, 0.1) is 5.82 Å². The third-order valence-corrected chi connectivity index (χ3v) is 7.60. The van der Waals surface area contributed by atoms with Crippen LogP contribution in [-0.4, -0.2) is 42.6 Å². The van der Waals surface area contributed by atoms with Gasteiger partial charge in [0.2, 0.25) is 5.88 Å². The van der Waals surface area contributed by atoms with Crippen LogP contribution in [0.3, 0.4) is 0 Å². The Morgan fingerprint density at radius 1 is 1.23 bits per heavy atom. The fourth-order valence-electron chi connectivity index (χ4n) is 3.40. The highest BCUT2D eigenvalue weighted by atomic mass is 32.2. The number of fused-ring (bicyclic) bond motifs is 1. The van der Waals surface area contributed by atoms with E-state index in [2.05, 4.69) is 25.3 Å². The normalized spacial score (nSPS) is 22.7. The molecule has 0 amide bonds. The lowest BCUT2D eigenvalue weighted by Crippen LogP contribution is -2.52. The van der Waals surface area contributed by atoms with Gasteiger partial charge in [0, 0.05) is 28.2 Å². The molecule has 4 rings (SSSR count). The van der Waals surface area contributed by atoms with Gasteiger partial charge in [-0.15, -0.1) is 0 Å². The molecule has 31 heavy (non-hydrogen) atoms. The van der Waals surface area contributed by atoms with Gasteiger partial charge in [-0.3, -0.25) is 9.20 Å². The van der Waals surface area contributed by atoms with Crippen LogP contribution in [-0.2, 0) is 16.3 Å². The average Bonchev–Trinajstić information content (AvgIpc) is 2.73. The van der Waals surface area contributed by atoms with Gasteiger partial charge in [0.25, 0.3) is 0 Å². The number of hydrogen-bond donors (Lipinski definition) is 2. The molecule has 0 saturated heterocycles. The van der Waals surface area contributed by atoms with E-state index in [9.17, 15) is 8.60 Å². The molecule has 3 N–H and O–H groups in total. The molecule has 162 valence electrons. The fraction of sp³-hybridized carbons (Fsp3) is 0.333. The van der Waals surface area contributed by atoms with Crippen LogP contribution in [0.15, 0.2) is 41.7 Å². The van der Waals surface area contributed by atoms with Crippen molar-refractivity contribution in [3.8, 4) is 5.88 Å². The summed E-state index contributed by atoms with van der Waals surface area (Å²) in [6, 6.07) is 6.38. The first-order valence-corrected chi connectivity index (χ1v) is 10.9. The van der Waals surface area contributed by atoms with Gasteiger partial charge in [0.15, 0.2) is 5.65 Å². The number of nitrogens with one attached hydrogen (secondary N) is 1. The van der Waals surface area contributed by atoms with Crippen molar-refractivity contribution < 1.29 is 13.3 Å². The van der Waals surface area contributed by atoms with E-state index < -0.39 is 26.9 Å². The quantitative estimate of drug-likeness (QED) is 0.638. The molecule has 8 nitrogen and oxygen atoms in total. The number of benzene rings is 1. The first-order chi connectivity index (χ1) is 14.6. The number of rotatable bonds is 4. The number of ether oxygens (including phenoxy) is 1. The number of nitrogens with zero attached hydrogens (tertiary/aromatic N) is 4. The Kier molecular flexibility index (Phi) is 5.12. The maximum atomic E-state index is 14.8. The second kappa shape index (κ2) is 7.52. The van der Waals surface area contributed by atoms with E-state index in [1.54, 1.807) is 45.2 Å². The molecule has 0 unspecified atom stereocenters. The lowest BCUT2D eigenvalue weighted by molar-refractivity contribution is 0.397. The molecule has 0 fully saturated rings. The summed E-state index contributed by atoms with van der Waals surface area (Å²) < 4.78 is 32.0. The Morgan fingerprint density at radius 2 is 2.00 bits per heavy atom. The zero-order valence-electron chi connectivity index (χ0n) is 17.6. The first-order valence-electron chi connectivity index (χ1n) is 9.61. The first kappa shape index (κ1) is 21.1. The van der Waals surface area contributed by atoms with Crippen LogP contribution < -0.4 is 15.8 Å². The van der Waals surface area contributed by atoms with Crippen molar-refractivity contribution in [1.29, 1.82) is 0 Å². The number of aromatic nitrogens is 3. The Labute approximate surface area is 181 Å². The van der Waals surface area contributed by atoms with Crippen LogP contribution in [0.25, 0.3) is 11.2 Å². The average molecular weight is 443 g/mol. The van der Waals surface area contributed by atoms with E-state index in [-0.39, 0.29) is 11.6 Å². The van der Waals surface area contributed by atoms with E-state index in [4.69, 9.17) is 10.5 Å². The minimum atomic E-state index is -1.31. The summed E-state index contributed by atoms with van der Waals surface area (Å²) in [7, 11) is 0.201. The largest absolute Gasteiger partial charge is 0.480 e. The number of halogens is 1. The molecule has 2 atom stereocenters. The van der Waals surface area contributed by atoms with Gasteiger partial charge in [-0.2, -0.15) is 4.98 Å². The highest BCUT2D eigenvalue weighted by Crippen LogP contribution is 2.37. The fourth-order valence-corrected chi connectivity index (χ4v) is 4.77. The number of amidine groups is 1. The van der Waals surface area contributed by atoms with Gasteiger partial charge in [0.05, 0.1) is 35.0 Å². The molecule has 0 aliphatic carbocycles. The Balaban J connectivity index is 1.74. The molecule has 0 radical (unpaired) electrons. The Morgan fingerprint density at radius 3 is 2.71 bits per heavy atom. The molecule has 10 heteroatoms. The molecule has 2 aromatic heterocycles. The molecule has 1 aliphatic rings. The Bertz CT molecular complexity index is 1230. The van der Waals surface area contributed by atoms with Crippen LogP contribution in [0.5, 0.6) is 5.88 Å². The molecular formula is C21H23FN6O2S. The summed E-state index contributed by atoms with van der Waals surface area (Å²) in [5.41, 5.74) is 7.61. The highest BCUT2D eigenvalue weighted by molar-refractivity contribution is 7.87. The summed E-state index contributed by atoms with van der Waals surface area (Å²) >= 11 is 0. The number of anilines is 2. The zero-order chi connectivity index (χ0) is 22.4. The molecule has 0 spiro atoms.